The maximum absolute atomic E-state index is 3.53. The maximum atomic E-state index is 3.53. The molecule has 3 heteroatoms. The average Bonchev–Trinajstić information content (AvgIpc) is 2.93. The molecule has 0 saturated carbocycles. The molecular weight excluding hydrogens is 336 g/mol. The van der Waals surface area contributed by atoms with E-state index in [-0.39, 0.29) is 0 Å². The summed E-state index contributed by atoms with van der Waals surface area (Å²) < 4.78 is 1.15. The predicted molar refractivity (Wildman–Crippen MR) is 96.1 cm³/mol. The van der Waals surface area contributed by atoms with Gasteiger partial charge in [0.05, 0.1) is 0 Å². The Balaban J connectivity index is 1.76. The van der Waals surface area contributed by atoms with Crippen molar-refractivity contribution >= 4 is 15.9 Å². The number of nitrogens with zero attached hydrogens (tertiary/aromatic N) is 2. The van der Waals surface area contributed by atoms with Crippen molar-refractivity contribution in [3.8, 4) is 0 Å². The second kappa shape index (κ2) is 6.95. The Morgan fingerprint density at radius 2 is 1.68 bits per heavy atom. The first-order valence-corrected chi connectivity index (χ1v) is 8.61. The van der Waals surface area contributed by atoms with E-state index in [1.807, 2.05) is 0 Å². The molecule has 1 aliphatic rings. The van der Waals surface area contributed by atoms with Crippen molar-refractivity contribution in [1.82, 2.24) is 9.80 Å². The van der Waals surface area contributed by atoms with Gasteiger partial charge in [0.1, 0.15) is 0 Å². The summed E-state index contributed by atoms with van der Waals surface area (Å²) in [5.74, 6) is 0.576. The summed E-state index contributed by atoms with van der Waals surface area (Å²) in [6.45, 7) is 3.29. The van der Waals surface area contributed by atoms with Gasteiger partial charge < -0.3 is 4.90 Å². The molecule has 0 bridgehead atoms. The van der Waals surface area contributed by atoms with Crippen molar-refractivity contribution in [3.05, 3.63) is 70.2 Å². The number of hydrogen-bond acceptors (Lipinski definition) is 2. The number of rotatable bonds is 4. The van der Waals surface area contributed by atoms with Crippen molar-refractivity contribution in [2.24, 2.45) is 0 Å². The molecule has 3 rings (SSSR count). The van der Waals surface area contributed by atoms with Gasteiger partial charge in [-0.15, -0.1) is 0 Å². The molecule has 116 valence electrons. The molecule has 0 aliphatic carbocycles. The second-order valence-corrected chi connectivity index (χ2v) is 7.28. The standard InChI is InChI=1S/C19H23BrN2/c1-21(2)19-14-22(12-15-6-4-3-5-7-15)13-18(19)16-8-10-17(20)11-9-16/h3-11,18-19H,12-14H2,1-2H3/t18-,19?/m0/s1. The topological polar surface area (TPSA) is 6.48 Å². The van der Waals surface area contributed by atoms with E-state index in [0.29, 0.717) is 12.0 Å². The fourth-order valence-electron chi connectivity index (χ4n) is 3.40. The SMILES string of the molecule is CN(C)C1CN(Cc2ccccc2)C[C@H]1c1ccc(Br)cc1. The lowest BCUT2D eigenvalue weighted by Gasteiger charge is -2.25. The van der Waals surface area contributed by atoms with Gasteiger partial charge in [-0.3, -0.25) is 4.90 Å². The quantitative estimate of drug-likeness (QED) is 0.815. The molecule has 2 aromatic rings. The minimum atomic E-state index is 0.574. The Kier molecular flexibility index (Phi) is 4.97. The normalized spacial score (nSPS) is 22.4. The van der Waals surface area contributed by atoms with Crippen LogP contribution in [-0.4, -0.2) is 43.0 Å². The van der Waals surface area contributed by atoms with Crippen LogP contribution in [0.4, 0.5) is 0 Å². The van der Waals surface area contributed by atoms with Crippen LogP contribution < -0.4 is 0 Å². The first-order valence-electron chi connectivity index (χ1n) is 7.81. The summed E-state index contributed by atoms with van der Waals surface area (Å²) in [4.78, 5) is 4.95. The van der Waals surface area contributed by atoms with Gasteiger partial charge in [0.25, 0.3) is 0 Å². The first-order chi connectivity index (χ1) is 10.6. The second-order valence-electron chi connectivity index (χ2n) is 6.37. The Morgan fingerprint density at radius 1 is 1.00 bits per heavy atom. The molecule has 0 radical (unpaired) electrons. The lowest BCUT2D eigenvalue weighted by atomic mass is 9.94. The Labute approximate surface area is 141 Å². The lowest BCUT2D eigenvalue weighted by molar-refractivity contribution is 0.260. The van der Waals surface area contributed by atoms with E-state index in [0.717, 1.165) is 24.1 Å². The van der Waals surface area contributed by atoms with E-state index in [1.54, 1.807) is 0 Å². The van der Waals surface area contributed by atoms with Gasteiger partial charge >= 0.3 is 0 Å². The smallest absolute Gasteiger partial charge is 0.0298 e. The van der Waals surface area contributed by atoms with E-state index in [1.165, 1.54) is 11.1 Å². The highest BCUT2D eigenvalue weighted by Gasteiger charge is 2.34. The number of hydrogen-bond donors (Lipinski definition) is 0. The highest BCUT2D eigenvalue weighted by Crippen LogP contribution is 2.31. The molecule has 0 aromatic heterocycles. The predicted octanol–water partition coefficient (Wildman–Crippen LogP) is 3.98. The van der Waals surface area contributed by atoms with Crippen LogP contribution >= 0.6 is 15.9 Å². The van der Waals surface area contributed by atoms with E-state index in [2.05, 4.69) is 94.4 Å². The highest BCUT2D eigenvalue weighted by molar-refractivity contribution is 9.10. The van der Waals surface area contributed by atoms with Crippen LogP contribution in [0.5, 0.6) is 0 Å². The van der Waals surface area contributed by atoms with Crippen LogP contribution in [0.25, 0.3) is 0 Å². The Morgan fingerprint density at radius 3 is 2.32 bits per heavy atom. The zero-order valence-corrected chi connectivity index (χ0v) is 14.8. The molecule has 2 atom stereocenters. The van der Waals surface area contributed by atoms with Crippen LogP contribution in [0, 0.1) is 0 Å². The van der Waals surface area contributed by atoms with Crippen LogP contribution in [0.1, 0.15) is 17.0 Å². The van der Waals surface area contributed by atoms with Crippen LogP contribution in [0.2, 0.25) is 0 Å². The molecule has 22 heavy (non-hydrogen) atoms. The van der Waals surface area contributed by atoms with Crippen LogP contribution in [0.3, 0.4) is 0 Å². The molecule has 1 heterocycles. The molecule has 2 nitrogen and oxygen atoms in total. The van der Waals surface area contributed by atoms with Crippen LogP contribution in [0.15, 0.2) is 59.1 Å². The fourth-order valence-corrected chi connectivity index (χ4v) is 3.66. The lowest BCUT2D eigenvalue weighted by Crippen LogP contribution is -2.34. The van der Waals surface area contributed by atoms with Crippen molar-refractivity contribution in [2.75, 3.05) is 27.2 Å². The molecule has 0 N–H and O–H groups in total. The molecule has 1 unspecified atom stereocenters. The van der Waals surface area contributed by atoms with Gasteiger partial charge in [-0.25, -0.2) is 0 Å². The van der Waals surface area contributed by atoms with Gasteiger partial charge in [0, 0.05) is 36.1 Å². The third-order valence-corrected chi connectivity index (χ3v) is 5.10. The molecule has 2 aromatic carbocycles. The molecule has 1 fully saturated rings. The summed E-state index contributed by atoms with van der Waals surface area (Å²) in [6, 6.07) is 20.2. The third kappa shape index (κ3) is 3.60. The van der Waals surface area contributed by atoms with Crippen molar-refractivity contribution < 1.29 is 0 Å². The summed E-state index contributed by atoms with van der Waals surface area (Å²) in [6.07, 6.45) is 0. The average molecular weight is 359 g/mol. The van der Waals surface area contributed by atoms with Crippen molar-refractivity contribution in [1.29, 1.82) is 0 Å². The number of halogens is 1. The first kappa shape index (κ1) is 15.7. The molecule has 0 amide bonds. The minimum absolute atomic E-state index is 0.574. The summed E-state index contributed by atoms with van der Waals surface area (Å²) in [7, 11) is 4.39. The van der Waals surface area contributed by atoms with Gasteiger partial charge in [0.15, 0.2) is 0 Å². The largest absolute Gasteiger partial charge is 0.305 e. The van der Waals surface area contributed by atoms with E-state index >= 15 is 0 Å². The zero-order chi connectivity index (χ0) is 15.5. The monoisotopic (exact) mass is 358 g/mol. The third-order valence-electron chi connectivity index (χ3n) is 4.58. The molecule has 1 aliphatic heterocycles. The van der Waals surface area contributed by atoms with Gasteiger partial charge in [-0.1, -0.05) is 58.4 Å². The summed E-state index contributed by atoms with van der Waals surface area (Å²) in [5, 5.41) is 0. The number of likely N-dealkylation sites (tertiary alicyclic amines) is 1. The van der Waals surface area contributed by atoms with Gasteiger partial charge in [0.2, 0.25) is 0 Å². The van der Waals surface area contributed by atoms with E-state index < -0.39 is 0 Å². The van der Waals surface area contributed by atoms with E-state index in [4.69, 9.17) is 0 Å². The minimum Gasteiger partial charge on any atom is -0.305 e. The molecular formula is C19H23BrN2. The summed E-state index contributed by atoms with van der Waals surface area (Å²) in [5.41, 5.74) is 2.84. The van der Waals surface area contributed by atoms with Gasteiger partial charge in [-0.2, -0.15) is 0 Å². The Bertz CT molecular complexity index is 595. The number of likely N-dealkylation sites (N-methyl/N-ethyl adjacent to an activating group) is 1. The maximum Gasteiger partial charge on any atom is 0.0298 e. The molecule has 1 saturated heterocycles. The Hall–Kier alpha value is -1.16. The van der Waals surface area contributed by atoms with Crippen molar-refractivity contribution in [2.45, 2.75) is 18.5 Å². The highest BCUT2D eigenvalue weighted by atomic mass is 79.9. The zero-order valence-electron chi connectivity index (χ0n) is 13.2. The van der Waals surface area contributed by atoms with Gasteiger partial charge in [-0.05, 0) is 37.4 Å². The van der Waals surface area contributed by atoms with Crippen molar-refractivity contribution in [3.63, 3.8) is 0 Å². The van der Waals surface area contributed by atoms with Crippen LogP contribution in [-0.2, 0) is 6.54 Å². The fraction of sp³-hybridized carbons (Fsp3) is 0.368. The summed E-state index contributed by atoms with van der Waals surface area (Å²) >= 11 is 3.53. The van der Waals surface area contributed by atoms with E-state index in [9.17, 15) is 0 Å². The number of benzene rings is 2. The molecule has 0 spiro atoms.